The van der Waals surface area contributed by atoms with Gasteiger partial charge in [0.1, 0.15) is 0 Å². The van der Waals surface area contributed by atoms with Gasteiger partial charge in [0.15, 0.2) is 0 Å². The molecule has 0 aromatic carbocycles. The summed E-state index contributed by atoms with van der Waals surface area (Å²) in [6.45, 7) is 6.74. The maximum atomic E-state index is 3.67. The number of hydrogen-bond acceptors (Lipinski definition) is 2. The van der Waals surface area contributed by atoms with E-state index in [1.807, 2.05) is 0 Å². The van der Waals surface area contributed by atoms with Crippen LogP contribution in [0, 0.1) is 0 Å². The lowest BCUT2D eigenvalue weighted by molar-refractivity contribution is 0.267. The molecule has 0 heterocycles. The summed E-state index contributed by atoms with van der Waals surface area (Å²) in [6.07, 6.45) is 5.29. The smallest absolute Gasteiger partial charge is 0.00990 e. The summed E-state index contributed by atoms with van der Waals surface area (Å²) in [5, 5.41) is 7.03. The SMILES string of the molecule is CNC1CCC(NC(C)(C)C)CC1. The molecule has 0 aromatic rings. The molecule has 1 fully saturated rings. The minimum atomic E-state index is 0.275. The molecule has 1 aliphatic carbocycles. The second-order valence-corrected chi connectivity index (χ2v) is 5.23. The lowest BCUT2D eigenvalue weighted by atomic mass is 9.90. The Labute approximate surface area is 82.5 Å². The topological polar surface area (TPSA) is 24.1 Å². The minimum Gasteiger partial charge on any atom is -0.317 e. The lowest BCUT2D eigenvalue weighted by Crippen LogP contribution is -2.46. The van der Waals surface area contributed by atoms with Gasteiger partial charge in [-0.15, -0.1) is 0 Å². The van der Waals surface area contributed by atoms with Crippen molar-refractivity contribution >= 4 is 0 Å². The molecule has 1 rings (SSSR count). The van der Waals surface area contributed by atoms with E-state index in [0.29, 0.717) is 0 Å². The van der Waals surface area contributed by atoms with Gasteiger partial charge in [0.25, 0.3) is 0 Å². The molecular formula is C11H24N2. The average molecular weight is 184 g/mol. The van der Waals surface area contributed by atoms with Crippen LogP contribution < -0.4 is 10.6 Å². The first-order valence-corrected chi connectivity index (χ1v) is 5.46. The van der Waals surface area contributed by atoms with Crippen molar-refractivity contribution in [3.63, 3.8) is 0 Å². The number of hydrogen-bond donors (Lipinski definition) is 2. The first kappa shape index (κ1) is 11.0. The Hall–Kier alpha value is -0.0800. The molecule has 13 heavy (non-hydrogen) atoms. The molecule has 0 unspecified atom stereocenters. The summed E-state index contributed by atoms with van der Waals surface area (Å²) in [7, 11) is 2.07. The van der Waals surface area contributed by atoms with Gasteiger partial charge in [0.05, 0.1) is 0 Å². The molecule has 2 N–H and O–H groups in total. The first-order chi connectivity index (χ1) is 6.01. The molecule has 2 heteroatoms. The maximum Gasteiger partial charge on any atom is 0.00990 e. The van der Waals surface area contributed by atoms with Crippen LogP contribution in [0.25, 0.3) is 0 Å². The highest BCUT2D eigenvalue weighted by molar-refractivity contribution is 4.84. The van der Waals surface area contributed by atoms with Gasteiger partial charge in [0.2, 0.25) is 0 Å². The zero-order valence-corrected chi connectivity index (χ0v) is 9.48. The molecule has 0 spiro atoms. The molecule has 0 bridgehead atoms. The minimum absolute atomic E-state index is 0.275. The summed E-state index contributed by atoms with van der Waals surface area (Å²) in [5.74, 6) is 0. The normalized spacial score (nSPS) is 30.5. The largest absolute Gasteiger partial charge is 0.317 e. The fourth-order valence-electron chi connectivity index (χ4n) is 2.14. The molecule has 0 aromatic heterocycles. The molecule has 0 aliphatic heterocycles. The van der Waals surface area contributed by atoms with Crippen LogP contribution in [-0.4, -0.2) is 24.7 Å². The molecule has 0 radical (unpaired) electrons. The maximum absolute atomic E-state index is 3.67. The second kappa shape index (κ2) is 4.43. The van der Waals surface area contributed by atoms with Gasteiger partial charge in [-0.25, -0.2) is 0 Å². The van der Waals surface area contributed by atoms with Crippen molar-refractivity contribution in [2.24, 2.45) is 0 Å². The van der Waals surface area contributed by atoms with Gasteiger partial charge in [-0.2, -0.15) is 0 Å². The molecule has 1 aliphatic rings. The Morgan fingerprint density at radius 2 is 1.38 bits per heavy atom. The van der Waals surface area contributed by atoms with Crippen molar-refractivity contribution in [1.29, 1.82) is 0 Å². The fraction of sp³-hybridized carbons (Fsp3) is 1.00. The second-order valence-electron chi connectivity index (χ2n) is 5.23. The van der Waals surface area contributed by atoms with Gasteiger partial charge < -0.3 is 10.6 Å². The third-order valence-electron chi connectivity index (χ3n) is 2.77. The quantitative estimate of drug-likeness (QED) is 0.685. The fourth-order valence-corrected chi connectivity index (χ4v) is 2.14. The highest BCUT2D eigenvalue weighted by atomic mass is 15.0. The summed E-state index contributed by atoms with van der Waals surface area (Å²) in [6, 6.07) is 1.50. The highest BCUT2D eigenvalue weighted by Crippen LogP contribution is 2.20. The van der Waals surface area contributed by atoms with E-state index in [4.69, 9.17) is 0 Å². The van der Waals surface area contributed by atoms with Crippen LogP contribution in [0.2, 0.25) is 0 Å². The Kier molecular flexibility index (Phi) is 3.74. The van der Waals surface area contributed by atoms with E-state index >= 15 is 0 Å². The Bertz CT molecular complexity index is 141. The van der Waals surface area contributed by atoms with Crippen LogP contribution in [0.3, 0.4) is 0 Å². The van der Waals surface area contributed by atoms with Gasteiger partial charge in [-0.1, -0.05) is 0 Å². The van der Waals surface area contributed by atoms with Crippen LogP contribution >= 0.6 is 0 Å². The molecule has 78 valence electrons. The van der Waals surface area contributed by atoms with Crippen molar-refractivity contribution < 1.29 is 0 Å². The summed E-state index contributed by atoms with van der Waals surface area (Å²) < 4.78 is 0. The van der Waals surface area contributed by atoms with E-state index in [9.17, 15) is 0 Å². The number of nitrogens with one attached hydrogen (secondary N) is 2. The Morgan fingerprint density at radius 3 is 1.77 bits per heavy atom. The van der Waals surface area contributed by atoms with Crippen LogP contribution in [0.15, 0.2) is 0 Å². The van der Waals surface area contributed by atoms with Crippen molar-refractivity contribution in [2.45, 2.75) is 64.1 Å². The summed E-state index contributed by atoms with van der Waals surface area (Å²) in [4.78, 5) is 0. The molecular weight excluding hydrogens is 160 g/mol. The van der Waals surface area contributed by atoms with Crippen molar-refractivity contribution in [1.82, 2.24) is 10.6 Å². The summed E-state index contributed by atoms with van der Waals surface area (Å²) in [5.41, 5.74) is 0.275. The lowest BCUT2D eigenvalue weighted by Gasteiger charge is -2.34. The Balaban J connectivity index is 2.25. The zero-order valence-electron chi connectivity index (χ0n) is 9.48. The molecule has 1 saturated carbocycles. The van der Waals surface area contributed by atoms with E-state index in [-0.39, 0.29) is 5.54 Å². The van der Waals surface area contributed by atoms with Crippen molar-refractivity contribution in [2.75, 3.05) is 7.05 Å². The van der Waals surface area contributed by atoms with Gasteiger partial charge in [0, 0.05) is 17.6 Å². The van der Waals surface area contributed by atoms with E-state index in [1.165, 1.54) is 25.7 Å². The molecule has 2 nitrogen and oxygen atoms in total. The van der Waals surface area contributed by atoms with E-state index in [2.05, 4.69) is 38.5 Å². The van der Waals surface area contributed by atoms with Gasteiger partial charge in [-0.3, -0.25) is 0 Å². The third-order valence-corrected chi connectivity index (χ3v) is 2.77. The van der Waals surface area contributed by atoms with Crippen LogP contribution in [0.5, 0.6) is 0 Å². The van der Waals surface area contributed by atoms with Crippen LogP contribution in [0.4, 0.5) is 0 Å². The molecule has 0 saturated heterocycles. The van der Waals surface area contributed by atoms with Gasteiger partial charge >= 0.3 is 0 Å². The standard InChI is InChI=1S/C11H24N2/c1-11(2,3)13-10-7-5-9(12-4)6-8-10/h9-10,12-13H,5-8H2,1-4H3. The monoisotopic (exact) mass is 184 g/mol. The first-order valence-electron chi connectivity index (χ1n) is 5.46. The van der Waals surface area contributed by atoms with Gasteiger partial charge in [-0.05, 0) is 53.5 Å². The van der Waals surface area contributed by atoms with Crippen LogP contribution in [-0.2, 0) is 0 Å². The zero-order chi connectivity index (χ0) is 9.90. The third kappa shape index (κ3) is 4.10. The molecule has 0 atom stereocenters. The van der Waals surface area contributed by atoms with E-state index < -0.39 is 0 Å². The van der Waals surface area contributed by atoms with E-state index in [0.717, 1.165) is 12.1 Å². The highest BCUT2D eigenvalue weighted by Gasteiger charge is 2.22. The van der Waals surface area contributed by atoms with Crippen molar-refractivity contribution in [3.05, 3.63) is 0 Å². The van der Waals surface area contributed by atoms with Crippen LogP contribution in [0.1, 0.15) is 46.5 Å². The molecule has 0 amide bonds. The predicted molar refractivity (Wildman–Crippen MR) is 58.0 cm³/mol. The van der Waals surface area contributed by atoms with E-state index in [1.54, 1.807) is 0 Å². The summed E-state index contributed by atoms with van der Waals surface area (Å²) >= 11 is 0. The number of rotatable bonds is 2. The van der Waals surface area contributed by atoms with Crippen molar-refractivity contribution in [3.8, 4) is 0 Å². The predicted octanol–water partition coefficient (Wildman–Crippen LogP) is 1.91. The Morgan fingerprint density at radius 1 is 0.923 bits per heavy atom. The average Bonchev–Trinajstić information content (AvgIpc) is 2.03.